The Hall–Kier alpha value is -1.96. The molecule has 112 valence electrons. The van der Waals surface area contributed by atoms with Crippen LogP contribution in [0.4, 0.5) is 11.4 Å². The van der Waals surface area contributed by atoms with Crippen molar-refractivity contribution in [2.75, 3.05) is 10.6 Å². The predicted octanol–water partition coefficient (Wildman–Crippen LogP) is 4.36. The van der Waals surface area contributed by atoms with E-state index in [4.69, 9.17) is 0 Å². The lowest BCUT2D eigenvalue weighted by Gasteiger charge is -2.41. The highest BCUT2D eigenvalue weighted by Crippen LogP contribution is 2.57. The highest BCUT2D eigenvalue weighted by Gasteiger charge is 2.58. The maximum Gasteiger partial charge on any atom is 0.0410 e. The first-order valence-corrected chi connectivity index (χ1v) is 8.40. The topological polar surface area (TPSA) is 24.1 Å². The zero-order valence-electron chi connectivity index (χ0n) is 13.1. The van der Waals surface area contributed by atoms with Gasteiger partial charge in [-0.1, -0.05) is 50.2 Å². The fraction of sp³-hybridized carbons (Fsp3) is 0.400. The van der Waals surface area contributed by atoms with Crippen molar-refractivity contribution in [3.05, 3.63) is 59.7 Å². The molecule has 2 aliphatic heterocycles. The molecule has 3 aliphatic rings. The van der Waals surface area contributed by atoms with Crippen LogP contribution in [0.1, 0.15) is 37.3 Å². The maximum absolute atomic E-state index is 3.90. The molecule has 2 heterocycles. The van der Waals surface area contributed by atoms with E-state index in [2.05, 4.69) is 73.0 Å². The lowest BCUT2D eigenvalue weighted by Crippen LogP contribution is -2.45. The number of benzene rings is 2. The minimum absolute atomic E-state index is 0.221. The summed E-state index contributed by atoms with van der Waals surface area (Å²) >= 11 is 0. The Morgan fingerprint density at radius 2 is 1.68 bits per heavy atom. The first kappa shape index (κ1) is 12.6. The zero-order chi connectivity index (χ0) is 14.9. The van der Waals surface area contributed by atoms with Gasteiger partial charge in [-0.05, 0) is 35.6 Å². The molecule has 2 bridgehead atoms. The van der Waals surface area contributed by atoms with E-state index in [0.717, 1.165) is 0 Å². The monoisotopic (exact) mass is 290 g/mol. The molecular weight excluding hydrogens is 268 g/mol. The fourth-order valence-electron chi connectivity index (χ4n) is 5.40. The molecule has 1 fully saturated rings. The summed E-state index contributed by atoms with van der Waals surface area (Å²) in [5, 5.41) is 7.74. The smallest absolute Gasteiger partial charge is 0.0410 e. The highest BCUT2D eigenvalue weighted by molar-refractivity contribution is 5.65. The summed E-state index contributed by atoms with van der Waals surface area (Å²) in [6.45, 7) is 4.87. The van der Waals surface area contributed by atoms with E-state index in [1.165, 1.54) is 28.9 Å². The standard InChI is InChI=1S/C20H22N2/c1-12-13-7-3-5-9-15(13)22-19-18(12)17-11-20(19,2)14-8-4-6-10-16(14)21-17/h3-10,12,17-19,21-22H,11H2,1-2H3/t12-,17-,18-,19-,20-/m1/s1. The summed E-state index contributed by atoms with van der Waals surface area (Å²) in [6.07, 6.45) is 1.23. The molecule has 0 amide bonds. The second-order valence-corrected chi connectivity index (χ2v) is 7.49. The second kappa shape index (κ2) is 4.07. The lowest BCUT2D eigenvalue weighted by molar-refractivity contribution is 0.354. The van der Waals surface area contributed by atoms with Gasteiger partial charge in [0.05, 0.1) is 0 Å². The minimum Gasteiger partial charge on any atom is -0.382 e. The lowest BCUT2D eigenvalue weighted by atomic mass is 9.71. The van der Waals surface area contributed by atoms with Crippen LogP contribution in [0.25, 0.3) is 0 Å². The Morgan fingerprint density at radius 1 is 0.955 bits per heavy atom. The Morgan fingerprint density at radius 3 is 2.55 bits per heavy atom. The van der Waals surface area contributed by atoms with Crippen LogP contribution in [0, 0.1) is 5.92 Å². The van der Waals surface area contributed by atoms with E-state index in [1.807, 2.05) is 0 Å². The van der Waals surface area contributed by atoms with Gasteiger partial charge in [0.1, 0.15) is 0 Å². The molecule has 0 spiro atoms. The van der Waals surface area contributed by atoms with Gasteiger partial charge < -0.3 is 10.6 Å². The largest absolute Gasteiger partial charge is 0.382 e. The van der Waals surface area contributed by atoms with E-state index >= 15 is 0 Å². The Bertz CT molecular complexity index is 753. The number of nitrogens with one attached hydrogen (secondary N) is 2. The van der Waals surface area contributed by atoms with Gasteiger partial charge in [0.15, 0.2) is 0 Å². The molecule has 2 N–H and O–H groups in total. The fourth-order valence-corrected chi connectivity index (χ4v) is 5.40. The predicted molar refractivity (Wildman–Crippen MR) is 91.6 cm³/mol. The van der Waals surface area contributed by atoms with Gasteiger partial charge in [0, 0.05) is 34.8 Å². The maximum atomic E-state index is 3.90. The SMILES string of the molecule is C[C@@H]1c2ccccc2N[C@@H]2[C@H]1[C@H]1C[C@]2(C)c2ccccc2N1. The van der Waals surface area contributed by atoms with E-state index in [0.29, 0.717) is 23.9 Å². The van der Waals surface area contributed by atoms with Gasteiger partial charge in [-0.25, -0.2) is 0 Å². The molecule has 0 unspecified atom stereocenters. The number of anilines is 2. The molecular formula is C20H22N2. The number of fused-ring (bicyclic) bond motifs is 8. The summed E-state index contributed by atoms with van der Waals surface area (Å²) in [5.41, 5.74) is 5.86. The Balaban J connectivity index is 1.69. The minimum atomic E-state index is 0.221. The van der Waals surface area contributed by atoms with Crippen LogP contribution in [0.5, 0.6) is 0 Å². The molecule has 0 saturated heterocycles. The summed E-state index contributed by atoms with van der Waals surface area (Å²) < 4.78 is 0. The van der Waals surface area contributed by atoms with Gasteiger partial charge in [-0.15, -0.1) is 0 Å². The Kier molecular flexibility index (Phi) is 2.32. The van der Waals surface area contributed by atoms with Crippen LogP contribution >= 0.6 is 0 Å². The van der Waals surface area contributed by atoms with Crippen LogP contribution in [0.15, 0.2) is 48.5 Å². The van der Waals surface area contributed by atoms with Crippen LogP contribution in [-0.4, -0.2) is 12.1 Å². The quantitative estimate of drug-likeness (QED) is 0.753. The summed E-state index contributed by atoms with van der Waals surface area (Å²) in [6, 6.07) is 18.8. The number of hydrogen-bond acceptors (Lipinski definition) is 2. The third-order valence-electron chi connectivity index (χ3n) is 6.40. The molecule has 2 nitrogen and oxygen atoms in total. The van der Waals surface area contributed by atoms with Crippen LogP contribution in [0.2, 0.25) is 0 Å². The second-order valence-electron chi connectivity index (χ2n) is 7.49. The molecule has 5 rings (SSSR count). The first-order valence-electron chi connectivity index (χ1n) is 8.40. The molecule has 5 atom stereocenters. The average molecular weight is 290 g/mol. The van der Waals surface area contributed by atoms with Crippen LogP contribution in [0.3, 0.4) is 0 Å². The van der Waals surface area contributed by atoms with Gasteiger partial charge in [-0.2, -0.15) is 0 Å². The van der Waals surface area contributed by atoms with Crippen molar-refractivity contribution in [1.29, 1.82) is 0 Å². The van der Waals surface area contributed by atoms with Gasteiger partial charge >= 0.3 is 0 Å². The number of para-hydroxylation sites is 2. The van der Waals surface area contributed by atoms with Crippen molar-refractivity contribution in [1.82, 2.24) is 0 Å². The molecule has 2 heteroatoms. The number of hydrogen-bond donors (Lipinski definition) is 2. The van der Waals surface area contributed by atoms with Crippen molar-refractivity contribution in [2.45, 2.75) is 43.7 Å². The summed E-state index contributed by atoms with van der Waals surface area (Å²) in [5.74, 6) is 1.24. The summed E-state index contributed by atoms with van der Waals surface area (Å²) in [4.78, 5) is 0. The zero-order valence-corrected chi connectivity index (χ0v) is 13.1. The molecule has 1 saturated carbocycles. The average Bonchev–Trinajstić information content (AvgIpc) is 2.77. The van der Waals surface area contributed by atoms with Crippen molar-refractivity contribution in [3.8, 4) is 0 Å². The highest BCUT2D eigenvalue weighted by atomic mass is 15.1. The third-order valence-corrected chi connectivity index (χ3v) is 6.40. The molecule has 2 aromatic carbocycles. The molecule has 1 aliphatic carbocycles. The van der Waals surface area contributed by atoms with E-state index < -0.39 is 0 Å². The van der Waals surface area contributed by atoms with Crippen molar-refractivity contribution >= 4 is 11.4 Å². The van der Waals surface area contributed by atoms with Crippen LogP contribution < -0.4 is 10.6 Å². The molecule has 0 aromatic heterocycles. The molecule has 22 heavy (non-hydrogen) atoms. The van der Waals surface area contributed by atoms with Crippen molar-refractivity contribution < 1.29 is 0 Å². The van der Waals surface area contributed by atoms with Gasteiger partial charge in [0.2, 0.25) is 0 Å². The van der Waals surface area contributed by atoms with E-state index in [9.17, 15) is 0 Å². The summed E-state index contributed by atoms with van der Waals surface area (Å²) in [7, 11) is 0. The van der Waals surface area contributed by atoms with E-state index in [-0.39, 0.29) is 5.41 Å². The van der Waals surface area contributed by atoms with Crippen LogP contribution in [-0.2, 0) is 5.41 Å². The normalized spacial score (nSPS) is 37.4. The Labute approximate surface area is 131 Å². The number of rotatable bonds is 0. The van der Waals surface area contributed by atoms with Crippen molar-refractivity contribution in [2.24, 2.45) is 5.92 Å². The molecule has 2 aromatic rings. The molecule has 0 radical (unpaired) electrons. The first-order chi connectivity index (χ1) is 10.7. The van der Waals surface area contributed by atoms with E-state index in [1.54, 1.807) is 0 Å². The van der Waals surface area contributed by atoms with Crippen molar-refractivity contribution in [3.63, 3.8) is 0 Å². The third kappa shape index (κ3) is 1.41. The van der Waals surface area contributed by atoms with Gasteiger partial charge in [-0.3, -0.25) is 0 Å². The van der Waals surface area contributed by atoms with Gasteiger partial charge in [0.25, 0.3) is 0 Å².